The predicted molar refractivity (Wildman–Crippen MR) is 103 cm³/mol. The Bertz CT molecular complexity index is 1110. The van der Waals surface area contributed by atoms with Crippen LogP contribution in [0.3, 0.4) is 0 Å². The smallest absolute Gasteiger partial charge is 0.244 e. The van der Waals surface area contributed by atoms with E-state index in [2.05, 4.69) is 16.3 Å². The lowest BCUT2D eigenvalue weighted by molar-refractivity contribution is 0.375. The van der Waals surface area contributed by atoms with Crippen LogP contribution in [0.15, 0.2) is 60.0 Å². The molecule has 0 saturated carbocycles. The highest BCUT2D eigenvalue weighted by Crippen LogP contribution is 2.47. The van der Waals surface area contributed by atoms with Gasteiger partial charge in [-0.3, -0.25) is 5.10 Å². The number of nitrogens with two attached hydrogens (primary N) is 1. The molecule has 28 heavy (non-hydrogen) atoms. The third kappa shape index (κ3) is 2.72. The number of allylic oxidation sites excluding steroid dienone is 1. The van der Waals surface area contributed by atoms with E-state index in [0.717, 1.165) is 22.4 Å². The summed E-state index contributed by atoms with van der Waals surface area (Å²) in [6, 6.07) is 17.3. The first kappa shape index (κ1) is 17.5. The van der Waals surface area contributed by atoms with Crippen LogP contribution < -0.4 is 19.9 Å². The largest absolute Gasteiger partial charge is 0.497 e. The van der Waals surface area contributed by atoms with Crippen LogP contribution in [0.1, 0.15) is 17.0 Å². The molecule has 0 unspecified atom stereocenters. The lowest BCUT2D eigenvalue weighted by Crippen LogP contribution is -2.21. The van der Waals surface area contributed by atoms with Crippen molar-refractivity contribution in [2.24, 2.45) is 5.73 Å². The van der Waals surface area contributed by atoms with Crippen molar-refractivity contribution in [2.45, 2.75) is 5.92 Å². The van der Waals surface area contributed by atoms with Gasteiger partial charge in [-0.05, 0) is 18.2 Å². The van der Waals surface area contributed by atoms with Gasteiger partial charge in [0.25, 0.3) is 0 Å². The number of hydrogen-bond acceptors (Lipinski definition) is 6. The van der Waals surface area contributed by atoms with Crippen LogP contribution in [0.2, 0.25) is 0 Å². The zero-order valence-corrected chi connectivity index (χ0v) is 15.4. The molecule has 3 aromatic rings. The Labute approximate surface area is 162 Å². The Morgan fingerprint density at radius 3 is 2.71 bits per heavy atom. The van der Waals surface area contributed by atoms with E-state index in [-0.39, 0.29) is 5.88 Å². The minimum Gasteiger partial charge on any atom is -0.497 e. The lowest BCUT2D eigenvalue weighted by Gasteiger charge is -2.25. The number of aromatic nitrogens is 2. The van der Waals surface area contributed by atoms with E-state index in [9.17, 15) is 5.26 Å². The Morgan fingerprint density at radius 2 is 1.96 bits per heavy atom. The van der Waals surface area contributed by atoms with E-state index >= 15 is 0 Å². The fourth-order valence-electron chi connectivity index (χ4n) is 3.46. The van der Waals surface area contributed by atoms with Crippen molar-refractivity contribution < 1.29 is 14.2 Å². The topological polar surface area (TPSA) is 106 Å². The van der Waals surface area contributed by atoms with Crippen molar-refractivity contribution in [2.75, 3.05) is 14.2 Å². The van der Waals surface area contributed by atoms with Crippen molar-refractivity contribution >= 4 is 0 Å². The molecular weight excluding hydrogens is 356 g/mol. The van der Waals surface area contributed by atoms with Crippen LogP contribution in [0.4, 0.5) is 0 Å². The number of aromatic amines is 1. The van der Waals surface area contributed by atoms with Crippen LogP contribution >= 0.6 is 0 Å². The molecule has 0 amide bonds. The van der Waals surface area contributed by atoms with E-state index in [1.165, 1.54) is 0 Å². The Kier molecular flexibility index (Phi) is 4.38. The zero-order valence-electron chi connectivity index (χ0n) is 15.4. The third-order valence-corrected chi connectivity index (χ3v) is 4.75. The number of ether oxygens (including phenoxy) is 3. The monoisotopic (exact) mass is 374 g/mol. The number of para-hydroxylation sites is 1. The minimum atomic E-state index is -0.482. The van der Waals surface area contributed by atoms with Gasteiger partial charge in [-0.15, -0.1) is 5.10 Å². The first-order chi connectivity index (χ1) is 13.7. The molecule has 140 valence electrons. The maximum Gasteiger partial charge on any atom is 0.244 e. The van der Waals surface area contributed by atoms with Crippen molar-refractivity contribution in [3.05, 3.63) is 71.1 Å². The van der Waals surface area contributed by atoms with Gasteiger partial charge in [-0.25, -0.2) is 0 Å². The zero-order chi connectivity index (χ0) is 19.7. The second-order valence-corrected chi connectivity index (χ2v) is 6.22. The lowest BCUT2D eigenvalue weighted by atomic mass is 9.82. The maximum atomic E-state index is 9.80. The number of fused-ring (bicyclic) bond motifs is 1. The van der Waals surface area contributed by atoms with Crippen molar-refractivity contribution in [1.29, 1.82) is 5.26 Å². The van der Waals surface area contributed by atoms with E-state index in [1.54, 1.807) is 14.2 Å². The predicted octanol–water partition coefficient (Wildman–Crippen LogP) is 3.31. The van der Waals surface area contributed by atoms with Gasteiger partial charge >= 0.3 is 0 Å². The molecule has 1 aromatic heterocycles. The minimum absolute atomic E-state index is 0.0367. The summed E-state index contributed by atoms with van der Waals surface area (Å²) >= 11 is 0. The second-order valence-electron chi connectivity index (χ2n) is 6.22. The molecule has 1 atom stereocenters. The molecule has 7 nitrogen and oxygen atoms in total. The van der Waals surface area contributed by atoms with E-state index in [4.69, 9.17) is 19.9 Å². The van der Waals surface area contributed by atoms with Crippen LogP contribution in [0, 0.1) is 11.3 Å². The van der Waals surface area contributed by atoms with Gasteiger partial charge in [0.1, 0.15) is 23.1 Å². The number of hydrogen-bond donors (Lipinski definition) is 2. The molecule has 0 saturated heterocycles. The van der Waals surface area contributed by atoms with Crippen LogP contribution in [0.25, 0.3) is 11.3 Å². The standard InChI is InChI=1S/C21H18N4O3/c1-26-13-7-5-6-12(10-13)19-18-17(14-8-3-4-9-16(14)27-2)15(11-22)20(23)28-21(18)25-24-19/h3-10,17H,23H2,1-2H3,(H,24,25)/t17-/m0/s1. The van der Waals surface area contributed by atoms with E-state index in [0.29, 0.717) is 23.0 Å². The molecule has 0 radical (unpaired) electrons. The van der Waals surface area contributed by atoms with Crippen molar-refractivity contribution in [3.8, 4) is 34.7 Å². The average Bonchev–Trinajstić information content (AvgIpc) is 3.16. The highest BCUT2D eigenvalue weighted by molar-refractivity contribution is 5.72. The van der Waals surface area contributed by atoms with Crippen LogP contribution in [0.5, 0.6) is 17.4 Å². The number of benzene rings is 2. The Morgan fingerprint density at radius 1 is 1.14 bits per heavy atom. The molecular formula is C21H18N4O3. The first-order valence-corrected chi connectivity index (χ1v) is 8.61. The van der Waals surface area contributed by atoms with Gasteiger partial charge in [-0.2, -0.15) is 5.26 Å². The van der Waals surface area contributed by atoms with Crippen LogP contribution in [-0.2, 0) is 0 Å². The van der Waals surface area contributed by atoms with Gasteiger partial charge in [-0.1, -0.05) is 30.3 Å². The van der Waals surface area contributed by atoms with Crippen LogP contribution in [-0.4, -0.2) is 24.4 Å². The number of rotatable bonds is 4. The first-order valence-electron chi connectivity index (χ1n) is 8.61. The number of nitriles is 1. The van der Waals surface area contributed by atoms with Gasteiger partial charge in [0.15, 0.2) is 0 Å². The molecule has 1 aliphatic heterocycles. The van der Waals surface area contributed by atoms with Crippen molar-refractivity contribution in [3.63, 3.8) is 0 Å². The average molecular weight is 374 g/mol. The molecule has 3 N–H and O–H groups in total. The molecule has 0 bridgehead atoms. The third-order valence-electron chi connectivity index (χ3n) is 4.75. The summed E-state index contributed by atoms with van der Waals surface area (Å²) in [5, 5.41) is 17.1. The van der Waals surface area contributed by atoms with Gasteiger partial charge < -0.3 is 19.9 Å². The normalized spacial score (nSPS) is 15.4. The fraction of sp³-hybridized carbons (Fsp3) is 0.143. The van der Waals surface area contributed by atoms with Gasteiger partial charge in [0, 0.05) is 11.1 Å². The number of nitrogens with zero attached hydrogens (tertiary/aromatic N) is 2. The highest BCUT2D eigenvalue weighted by atomic mass is 16.5. The summed E-state index contributed by atoms with van der Waals surface area (Å²) < 4.78 is 16.5. The molecule has 0 spiro atoms. The molecule has 2 heterocycles. The number of H-pyrrole nitrogens is 1. The van der Waals surface area contributed by atoms with E-state index < -0.39 is 5.92 Å². The van der Waals surface area contributed by atoms with Gasteiger partial charge in [0.2, 0.25) is 11.8 Å². The molecule has 4 rings (SSSR count). The molecule has 2 aromatic carbocycles. The summed E-state index contributed by atoms with van der Waals surface area (Å²) in [7, 11) is 3.20. The second kappa shape index (κ2) is 7.00. The molecule has 7 heteroatoms. The number of methoxy groups -OCH3 is 2. The number of nitrogens with one attached hydrogen (secondary N) is 1. The van der Waals surface area contributed by atoms with Crippen molar-refractivity contribution in [1.82, 2.24) is 10.2 Å². The Balaban J connectivity index is 1.97. The van der Waals surface area contributed by atoms with E-state index in [1.807, 2.05) is 48.5 Å². The summed E-state index contributed by atoms with van der Waals surface area (Å²) in [6.07, 6.45) is 0. The maximum absolute atomic E-state index is 9.80. The Hall–Kier alpha value is -3.92. The quantitative estimate of drug-likeness (QED) is 0.726. The summed E-state index contributed by atoms with van der Waals surface area (Å²) in [5.41, 5.74) is 9.46. The summed E-state index contributed by atoms with van der Waals surface area (Å²) in [6.45, 7) is 0. The molecule has 1 aliphatic rings. The molecule has 0 fully saturated rings. The van der Waals surface area contributed by atoms with Gasteiger partial charge in [0.05, 0.1) is 31.4 Å². The highest BCUT2D eigenvalue weighted by Gasteiger charge is 2.37. The SMILES string of the molecule is COc1cccc(-c2[nH]nc3c2[C@@H](c2ccccc2OC)C(C#N)=C(N)O3)c1. The fourth-order valence-corrected chi connectivity index (χ4v) is 3.46. The molecule has 0 aliphatic carbocycles. The summed E-state index contributed by atoms with van der Waals surface area (Å²) in [5.74, 6) is 1.25. The summed E-state index contributed by atoms with van der Waals surface area (Å²) in [4.78, 5) is 0.